The van der Waals surface area contributed by atoms with E-state index in [4.69, 9.17) is 26.5 Å². The zero-order valence-corrected chi connectivity index (χ0v) is 18.6. The summed E-state index contributed by atoms with van der Waals surface area (Å²) in [4.78, 5) is 25.7. The molecule has 0 aliphatic heterocycles. The Balaban J connectivity index is 2.00. The van der Waals surface area contributed by atoms with Gasteiger partial charge < -0.3 is 9.47 Å². The van der Waals surface area contributed by atoms with Crippen LogP contribution in [-0.2, 0) is 9.47 Å². The lowest BCUT2D eigenvalue weighted by Crippen LogP contribution is -2.26. The van der Waals surface area contributed by atoms with Gasteiger partial charge in [0, 0.05) is 22.0 Å². The van der Waals surface area contributed by atoms with Gasteiger partial charge in [0.15, 0.2) is 0 Å². The molecule has 7 heteroatoms. The smallest absolute Gasteiger partial charge is 0.338 e. The molecule has 6 nitrogen and oxygen atoms in total. The van der Waals surface area contributed by atoms with E-state index in [0.717, 1.165) is 0 Å². The number of benzene rings is 3. The van der Waals surface area contributed by atoms with E-state index in [9.17, 15) is 9.59 Å². The van der Waals surface area contributed by atoms with E-state index >= 15 is 0 Å². The molecular formula is C25H23ClN2O4. The lowest BCUT2D eigenvalue weighted by molar-refractivity contribution is 0.0517. The Bertz CT molecular complexity index is 1030. The third kappa shape index (κ3) is 5.34. The molecule has 0 aliphatic rings. The van der Waals surface area contributed by atoms with E-state index in [1.165, 1.54) is 0 Å². The van der Waals surface area contributed by atoms with Crippen molar-refractivity contribution in [1.29, 1.82) is 5.41 Å². The minimum Gasteiger partial charge on any atom is -0.462 e. The molecule has 0 radical (unpaired) electrons. The molecule has 32 heavy (non-hydrogen) atoms. The molecule has 0 bridgehead atoms. The summed E-state index contributed by atoms with van der Waals surface area (Å²) in [5.41, 5.74) is 2.83. The number of rotatable bonds is 7. The number of amidine groups is 1. The summed E-state index contributed by atoms with van der Waals surface area (Å²) in [5, 5.41) is 9.41. The highest BCUT2D eigenvalue weighted by atomic mass is 35.5. The van der Waals surface area contributed by atoms with E-state index < -0.39 is 11.9 Å². The molecule has 3 aromatic rings. The Hall–Kier alpha value is -3.64. The predicted octanol–water partition coefficient (Wildman–Crippen LogP) is 5.86. The quantitative estimate of drug-likeness (QED) is 0.277. The number of esters is 2. The summed E-state index contributed by atoms with van der Waals surface area (Å²) in [6.07, 6.45) is 0. The van der Waals surface area contributed by atoms with Crippen LogP contribution < -0.4 is 4.90 Å². The van der Waals surface area contributed by atoms with Gasteiger partial charge in [0.25, 0.3) is 0 Å². The van der Waals surface area contributed by atoms with Gasteiger partial charge in [-0.1, -0.05) is 11.6 Å². The lowest BCUT2D eigenvalue weighted by Gasteiger charge is -2.26. The zero-order valence-electron chi connectivity index (χ0n) is 17.8. The fourth-order valence-corrected chi connectivity index (χ4v) is 3.19. The highest BCUT2D eigenvalue weighted by molar-refractivity contribution is 6.30. The third-order valence-electron chi connectivity index (χ3n) is 4.61. The van der Waals surface area contributed by atoms with Gasteiger partial charge in [-0.3, -0.25) is 10.3 Å². The second kappa shape index (κ2) is 10.6. The van der Waals surface area contributed by atoms with E-state index in [-0.39, 0.29) is 5.84 Å². The first kappa shape index (κ1) is 23.0. The molecule has 0 fully saturated rings. The summed E-state index contributed by atoms with van der Waals surface area (Å²) in [6.45, 7) is 4.09. The minimum absolute atomic E-state index is 0.203. The monoisotopic (exact) mass is 450 g/mol. The number of halogens is 1. The van der Waals surface area contributed by atoms with Crippen molar-refractivity contribution in [3.05, 3.63) is 94.5 Å². The van der Waals surface area contributed by atoms with Gasteiger partial charge in [-0.15, -0.1) is 0 Å². The third-order valence-corrected chi connectivity index (χ3v) is 4.87. The van der Waals surface area contributed by atoms with Crippen molar-refractivity contribution in [2.24, 2.45) is 0 Å². The van der Waals surface area contributed by atoms with Crippen molar-refractivity contribution in [3.63, 3.8) is 0 Å². The first-order chi connectivity index (χ1) is 15.4. The molecule has 164 valence electrons. The molecule has 0 amide bonds. The molecular weight excluding hydrogens is 428 g/mol. The molecule has 3 rings (SSSR count). The summed E-state index contributed by atoms with van der Waals surface area (Å²) in [7, 11) is 0. The van der Waals surface area contributed by atoms with Crippen LogP contribution in [0.15, 0.2) is 72.8 Å². The number of ether oxygens (including phenoxy) is 2. The average Bonchev–Trinajstić information content (AvgIpc) is 2.81. The maximum atomic E-state index is 12.0. The molecule has 0 saturated heterocycles. The Labute approximate surface area is 191 Å². The van der Waals surface area contributed by atoms with Crippen molar-refractivity contribution < 1.29 is 19.1 Å². The van der Waals surface area contributed by atoms with Crippen LogP contribution in [0.2, 0.25) is 5.02 Å². The standard InChI is InChI=1S/C25H23ClN2O4/c1-3-31-24(29)18-7-13-21(14-8-18)28(23(27)17-5-11-20(26)12-6-17)22-15-9-19(10-16-22)25(30)32-4-2/h5-16,27H,3-4H2,1-2H3. The van der Waals surface area contributed by atoms with Crippen LogP contribution in [0.1, 0.15) is 40.1 Å². The molecule has 0 spiro atoms. The Kier molecular flexibility index (Phi) is 7.63. The molecule has 0 saturated carbocycles. The van der Waals surface area contributed by atoms with Crippen LogP contribution in [0.4, 0.5) is 11.4 Å². The molecule has 0 atom stereocenters. The van der Waals surface area contributed by atoms with Crippen molar-refractivity contribution in [1.82, 2.24) is 0 Å². The number of carbonyl (C=O) groups excluding carboxylic acids is 2. The SMILES string of the molecule is CCOC(=O)c1ccc(N(C(=N)c2ccc(Cl)cc2)c2ccc(C(=O)OCC)cc2)cc1. The van der Waals surface area contributed by atoms with Gasteiger partial charge in [-0.05, 0) is 86.6 Å². The number of nitrogens with zero attached hydrogens (tertiary/aromatic N) is 1. The van der Waals surface area contributed by atoms with E-state index in [2.05, 4.69) is 0 Å². The molecule has 0 aromatic heterocycles. The first-order valence-electron chi connectivity index (χ1n) is 10.1. The number of hydrogen-bond acceptors (Lipinski definition) is 5. The van der Waals surface area contributed by atoms with Gasteiger partial charge >= 0.3 is 11.9 Å². The summed E-state index contributed by atoms with van der Waals surface area (Å²) in [5.74, 6) is -0.608. The Morgan fingerprint density at radius 2 is 1.09 bits per heavy atom. The van der Waals surface area contributed by atoms with Crippen LogP contribution in [0, 0.1) is 5.41 Å². The normalized spacial score (nSPS) is 10.3. The van der Waals surface area contributed by atoms with Gasteiger partial charge in [-0.25, -0.2) is 9.59 Å². The number of nitrogens with one attached hydrogen (secondary N) is 1. The topological polar surface area (TPSA) is 79.7 Å². The maximum Gasteiger partial charge on any atom is 0.338 e. The van der Waals surface area contributed by atoms with Crippen LogP contribution in [-0.4, -0.2) is 31.0 Å². The summed E-state index contributed by atoms with van der Waals surface area (Å²) >= 11 is 6.00. The van der Waals surface area contributed by atoms with Crippen LogP contribution in [0.25, 0.3) is 0 Å². The van der Waals surface area contributed by atoms with Crippen molar-refractivity contribution in [3.8, 4) is 0 Å². The molecule has 0 unspecified atom stereocenters. The highest BCUT2D eigenvalue weighted by Crippen LogP contribution is 2.29. The summed E-state index contributed by atoms with van der Waals surface area (Å²) in [6, 6.07) is 20.6. The summed E-state index contributed by atoms with van der Waals surface area (Å²) < 4.78 is 10.1. The Morgan fingerprint density at radius 1 is 0.719 bits per heavy atom. The fraction of sp³-hybridized carbons (Fsp3) is 0.160. The van der Waals surface area contributed by atoms with Crippen molar-refractivity contribution >= 4 is 40.7 Å². The number of anilines is 2. The van der Waals surface area contributed by atoms with E-state index in [0.29, 0.717) is 46.3 Å². The van der Waals surface area contributed by atoms with Crippen LogP contribution in [0.5, 0.6) is 0 Å². The average molecular weight is 451 g/mol. The number of hydrogen-bond donors (Lipinski definition) is 1. The van der Waals surface area contributed by atoms with Gasteiger partial charge in [0.1, 0.15) is 5.84 Å². The fourth-order valence-electron chi connectivity index (χ4n) is 3.07. The zero-order chi connectivity index (χ0) is 23.1. The molecule has 0 heterocycles. The minimum atomic E-state index is -0.405. The van der Waals surface area contributed by atoms with E-state index in [1.54, 1.807) is 91.5 Å². The second-order valence-corrected chi connectivity index (χ2v) is 7.16. The van der Waals surface area contributed by atoms with Gasteiger partial charge in [-0.2, -0.15) is 0 Å². The van der Waals surface area contributed by atoms with Crippen LogP contribution in [0.3, 0.4) is 0 Å². The molecule has 1 N–H and O–H groups in total. The first-order valence-corrected chi connectivity index (χ1v) is 10.5. The lowest BCUT2D eigenvalue weighted by atomic mass is 10.1. The number of carbonyl (C=O) groups is 2. The molecule has 3 aromatic carbocycles. The van der Waals surface area contributed by atoms with Gasteiger partial charge in [0.2, 0.25) is 0 Å². The van der Waals surface area contributed by atoms with Crippen molar-refractivity contribution in [2.45, 2.75) is 13.8 Å². The molecule has 0 aliphatic carbocycles. The second-order valence-electron chi connectivity index (χ2n) is 6.73. The van der Waals surface area contributed by atoms with Crippen molar-refractivity contribution in [2.75, 3.05) is 18.1 Å². The van der Waals surface area contributed by atoms with E-state index in [1.807, 2.05) is 0 Å². The Morgan fingerprint density at radius 3 is 1.47 bits per heavy atom. The van der Waals surface area contributed by atoms with Crippen LogP contribution >= 0.6 is 11.6 Å². The largest absolute Gasteiger partial charge is 0.462 e. The highest BCUT2D eigenvalue weighted by Gasteiger charge is 2.18. The maximum absolute atomic E-state index is 12.0. The van der Waals surface area contributed by atoms with Gasteiger partial charge in [0.05, 0.1) is 24.3 Å². The predicted molar refractivity (Wildman–Crippen MR) is 125 cm³/mol.